The molecule has 0 saturated carbocycles. The van der Waals surface area contributed by atoms with E-state index in [0.717, 1.165) is 33.9 Å². The van der Waals surface area contributed by atoms with Gasteiger partial charge < -0.3 is 8.98 Å². The van der Waals surface area contributed by atoms with E-state index < -0.39 is 0 Å². The molecular formula is C15H13N3O. The molecule has 3 rings (SSSR count). The molecule has 0 aliphatic carbocycles. The molecule has 19 heavy (non-hydrogen) atoms. The highest BCUT2D eigenvalue weighted by molar-refractivity contribution is 5.82. The van der Waals surface area contributed by atoms with Gasteiger partial charge in [-0.2, -0.15) is 5.26 Å². The number of imidazole rings is 1. The Kier molecular flexibility index (Phi) is 2.42. The fourth-order valence-corrected chi connectivity index (χ4v) is 2.36. The lowest BCUT2D eigenvalue weighted by atomic mass is 10.2. The molecule has 4 heteroatoms. The van der Waals surface area contributed by atoms with Crippen molar-refractivity contribution in [2.75, 3.05) is 0 Å². The topological polar surface area (TPSA) is 54.8 Å². The number of fused-ring (bicyclic) bond motifs is 1. The number of rotatable bonds is 1. The first-order valence-corrected chi connectivity index (χ1v) is 6.04. The standard InChI is InChI=1S/C15H13N3O/c1-9-6-12(10(2)19-9)15-17-13-7-11(8-16)4-5-14(13)18(15)3/h4-7H,1-3H3. The molecule has 0 amide bonds. The maximum Gasteiger partial charge on any atom is 0.144 e. The van der Waals surface area contributed by atoms with Gasteiger partial charge in [0.2, 0.25) is 0 Å². The number of aromatic nitrogens is 2. The summed E-state index contributed by atoms with van der Waals surface area (Å²) in [7, 11) is 1.97. The van der Waals surface area contributed by atoms with Gasteiger partial charge in [-0.25, -0.2) is 4.98 Å². The van der Waals surface area contributed by atoms with Crippen molar-refractivity contribution in [1.29, 1.82) is 5.26 Å². The first kappa shape index (κ1) is 11.5. The third-order valence-corrected chi connectivity index (χ3v) is 3.29. The quantitative estimate of drug-likeness (QED) is 0.666. The molecule has 4 nitrogen and oxygen atoms in total. The van der Waals surface area contributed by atoms with Crippen LogP contribution in [0.4, 0.5) is 0 Å². The molecule has 3 aromatic rings. The number of hydrogen-bond acceptors (Lipinski definition) is 3. The summed E-state index contributed by atoms with van der Waals surface area (Å²) in [6, 6.07) is 9.66. The van der Waals surface area contributed by atoms with Gasteiger partial charge in [0.15, 0.2) is 0 Å². The molecule has 0 bridgehead atoms. The lowest BCUT2D eigenvalue weighted by Crippen LogP contribution is -1.92. The number of hydrogen-bond donors (Lipinski definition) is 0. The van der Waals surface area contributed by atoms with Gasteiger partial charge in [-0.3, -0.25) is 0 Å². The molecule has 0 fully saturated rings. The van der Waals surface area contributed by atoms with Crippen LogP contribution >= 0.6 is 0 Å². The molecule has 0 spiro atoms. The summed E-state index contributed by atoms with van der Waals surface area (Å²) < 4.78 is 7.58. The highest BCUT2D eigenvalue weighted by Gasteiger charge is 2.15. The lowest BCUT2D eigenvalue weighted by molar-refractivity contribution is 0.505. The second-order valence-electron chi connectivity index (χ2n) is 4.64. The van der Waals surface area contributed by atoms with Gasteiger partial charge in [0.05, 0.1) is 28.2 Å². The average Bonchev–Trinajstić information content (AvgIpc) is 2.89. The number of aryl methyl sites for hydroxylation is 3. The Morgan fingerprint density at radius 2 is 2.05 bits per heavy atom. The van der Waals surface area contributed by atoms with Crippen LogP contribution in [-0.4, -0.2) is 9.55 Å². The molecule has 0 atom stereocenters. The van der Waals surface area contributed by atoms with Crippen molar-refractivity contribution < 1.29 is 4.42 Å². The second-order valence-corrected chi connectivity index (χ2v) is 4.64. The minimum absolute atomic E-state index is 0.622. The third-order valence-electron chi connectivity index (χ3n) is 3.29. The molecule has 0 N–H and O–H groups in total. The van der Waals surface area contributed by atoms with Crippen molar-refractivity contribution in [2.24, 2.45) is 7.05 Å². The van der Waals surface area contributed by atoms with Crippen LogP contribution in [0, 0.1) is 25.2 Å². The Balaban J connectivity index is 2.28. The van der Waals surface area contributed by atoms with Crippen molar-refractivity contribution in [1.82, 2.24) is 9.55 Å². The first-order valence-electron chi connectivity index (χ1n) is 6.04. The first-order chi connectivity index (χ1) is 9.10. The van der Waals surface area contributed by atoms with E-state index in [-0.39, 0.29) is 0 Å². The van der Waals surface area contributed by atoms with Crippen molar-refractivity contribution in [2.45, 2.75) is 13.8 Å². The van der Waals surface area contributed by atoms with Crippen LogP contribution < -0.4 is 0 Å². The van der Waals surface area contributed by atoms with E-state index in [1.54, 1.807) is 12.1 Å². The predicted octanol–water partition coefficient (Wildman–Crippen LogP) is 3.32. The van der Waals surface area contributed by atoms with Gasteiger partial charge in [0.1, 0.15) is 17.3 Å². The Morgan fingerprint density at radius 3 is 2.68 bits per heavy atom. The fourth-order valence-electron chi connectivity index (χ4n) is 2.36. The molecular weight excluding hydrogens is 238 g/mol. The van der Waals surface area contributed by atoms with Crippen LogP contribution in [0.3, 0.4) is 0 Å². The van der Waals surface area contributed by atoms with Crippen LogP contribution in [0.25, 0.3) is 22.4 Å². The van der Waals surface area contributed by atoms with Crippen LogP contribution in [0.5, 0.6) is 0 Å². The number of nitriles is 1. The molecule has 0 saturated heterocycles. The van der Waals surface area contributed by atoms with Crippen LogP contribution in [-0.2, 0) is 7.05 Å². The Labute approximate surface area is 110 Å². The minimum Gasteiger partial charge on any atom is -0.466 e. The van der Waals surface area contributed by atoms with E-state index in [1.807, 2.05) is 37.6 Å². The summed E-state index contributed by atoms with van der Waals surface area (Å²) in [5.41, 5.74) is 3.45. The zero-order valence-corrected chi connectivity index (χ0v) is 11.1. The summed E-state index contributed by atoms with van der Waals surface area (Å²) in [6.45, 7) is 3.86. The Hall–Kier alpha value is -2.54. The smallest absolute Gasteiger partial charge is 0.144 e. The van der Waals surface area contributed by atoms with E-state index >= 15 is 0 Å². The summed E-state index contributed by atoms with van der Waals surface area (Å²) in [4.78, 5) is 4.62. The number of furan rings is 1. The summed E-state index contributed by atoms with van der Waals surface area (Å²) in [5.74, 6) is 2.59. The largest absolute Gasteiger partial charge is 0.466 e. The number of nitrogens with zero attached hydrogens (tertiary/aromatic N) is 3. The van der Waals surface area contributed by atoms with Gasteiger partial charge in [0, 0.05) is 7.05 Å². The fraction of sp³-hybridized carbons (Fsp3) is 0.200. The molecule has 0 aliphatic rings. The van der Waals surface area contributed by atoms with Crippen molar-refractivity contribution in [3.63, 3.8) is 0 Å². The minimum atomic E-state index is 0.622. The molecule has 94 valence electrons. The highest BCUT2D eigenvalue weighted by atomic mass is 16.3. The van der Waals surface area contributed by atoms with Crippen LogP contribution in [0.1, 0.15) is 17.1 Å². The SMILES string of the molecule is Cc1cc(-c2nc3cc(C#N)ccc3n2C)c(C)o1. The van der Waals surface area contributed by atoms with E-state index in [1.165, 1.54) is 0 Å². The van der Waals surface area contributed by atoms with Crippen molar-refractivity contribution in [3.05, 3.63) is 41.3 Å². The van der Waals surface area contributed by atoms with Gasteiger partial charge in [0.25, 0.3) is 0 Å². The van der Waals surface area contributed by atoms with Crippen LogP contribution in [0.15, 0.2) is 28.7 Å². The lowest BCUT2D eigenvalue weighted by Gasteiger charge is -2.00. The van der Waals surface area contributed by atoms with Gasteiger partial charge in [-0.1, -0.05) is 0 Å². The summed E-state index contributed by atoms with van der Waals surface area (Å²) >= 11 is 0. The van der Waals surface area contributed by atoms with Crippen molar-refractivity contribution in [3.8, 4) is 17.5 Å². The molecule has 0 unspecified atom stereocenters. The maximum absolute atomic E-state index is 8.94. The third kappa shape index (κ3) is 1.71. The highest BCUT2D eigenvalue weighted by Crippen LogP contribution is 2.28. The average molecular weight is 251 g/mol. The van der Waals surface area contributed by atoms with Gasteiger partial charge in [-0.15, -0.1) is 0 Å². The van der Waals surface area contributed by atoms with Gasteiger partial charge >= 0.3 is 0 Å². The second kappa shape index (κ2) is 3.99. The van der Waals surface area contributed by atoms with E-state index in [4.69, 9.17) is 9.68 Å². The van der Waals surface area contributed by atoms with Gasteiger partial charge in [-0.05, 0) is 38.1 Å². The Bertz CT molecular complexity index is 818. The molecule has 0 aliphatic heterocycles. The molecule has 0 radical (unpaired) electrons. The Morgan fingerprint density at radius 1 is 1.26 bits per heavy atom. The van der Waals surface area contributed by atoms with E-state index in [9.17, 15) is 0 Å². The summed E-state index contributed by atoms with van der Waals surface area (Å²) in [5, 5.41) is 8.94. The number of benzene rings is 1. The molecule has 1 aromatic carbocycles. The zero-order chi connectivity index (χ0) is 13.6. The zero-order valence-electron chi connectivity index (χ0n) is 11.1. The van der Waals surface area contributed by atoms with Crippen molar-refractivity contribution >= 4 is 11.0 Å². The maximum atomic E-state index is 8.94. The monoisotopic (exact) mass is 251 g/mol. The predicted molar refractivity (Wildman–Crippen MR) is 72.6 cm³/mol. The normalized spacial score (nSPS) is 10.8. The van der Waals surface area contributed by atoms with E-state index in [0.29, 0.717) is 5.56 Å². The molecule has 2 heterocycles. The molecule has 2 aromatic heterocycles. The van der Waals surface area contributed by atoms with Crippen LogP contribution in [0.2, 0.25) is 0 Å². The van der Waals surface area contributed by atoms with E-state index in [2.05, 4.69) is 11.1 Å². The summed E-state index contributed by atoms with van der Waals surface area (Å²) in [6.07, 6.45) is 0.